The number of aromatic nitrogens is 2. The van der Waals surface area contributed by atoms with Crippen molar-refractivity contribution in [3.63, 3.8) is 0 Å². The van der Waals surface area contributed by atoms with E-state index in [2.05, 4.69) is 41.4 Å². The van der Waals surface area contributed by atoms with Crippen LogP contribution in [-0.4, -0.2) is 51.8 Å². The van der Waals surface area contributed by atoms with E-state index in [0.29, 0.717) is 24.7 Å². The number of amides is 4. The molecule has 3 aromatic rings. The predicted octanol–water partition coefficient (Wildman–Crippen LogP) is 3.35. The number of isothiocyanates is 1. The molecule has 11 nitrogen and oxygen atoms in total. The van der Waals surface area contributed by atoms with Gasteiger partial charge in [-0.15, -0.1) is 0 Å². The SMILES string of the molecule is O=C1NCc2ccc(cc2)CNC(=O)c2cc(N=C=S)cc(n2)C(=O)NCC2CCC(CC2)CNC(=O)c2cccc1n2. The zero-order valence-electron chi connectivity index (χ0n) is 23.4. The minimum absolute atomic E-state index is 0.0395. The highest BCUT2D eigenvalue weighted by Crippen LogP contribution is 2.28. The third kappa shape index (κ3) is 7.94. The second-order valence-electron chi connectivity index (χ2n) is 10.7. The molecule has 1 fully saturated rings. The van der Waals surface area contributed by atoms with Gasteiger partial charge in [0.2, 0.25) is 0 Å². The molecule has 1 aliphatic carbocycles. The van der Waals surface area contributed by atoms with Crippen molar-refractivity contribution in [2.75, 3.05) is 13.1 Å². The number of carbonyl (C=O) groups is 4. The normalized spacial score (nSPS) is 19.8. The second kappa shape index (κ2) is 13.9. The average molecular weight is 598 g/mol. The van der Waals surface area contributed by atoms with Crippen molar-refractivity contribution in [2.45, 2.75) is 38.8 Å². The van der Waals surface area contributed by atoms with E-state index >= 15 is 0 Å². The van der Waals surface area contributed by atoms with E-state index in [1.807, 2.05) is 24.3 Å². The monoisotopic (exact) mass is 597 g/mol. The Kier molecular flexibility index (Phi) is 9.60. The van der Waals surface area contributed by atoms with Gasteiger partial charge in [-0.25, -0.2) is 9.97 Å². The van der Waals surface area contributed by atoms with Gasteiger partial charge in [0.25, 0.3) is 23.6 Å². The maximum atomic E-state index is 13.0. The molecule has 12 heteroatoms. The molecule has 8 bridgehead atoms. The number of hydrogen-bond acceptors (Lipinski definition) is 8. The molecule has 43 heavy (non-hydrogen) atoms. The van der Waals surface area contributed by atoms with Crippen molar-refractivity contribution >= 4 is 46.7 Å². The van der Waals surface area contributed by atoms with Crippen LogP contribution in [0.2, 0.25) is 0 Å². The fourth-order valence-corrected chi connectivity index (χ4v) is 5.27. The van der Waals surface area contributed by atoms with E-state index in [1.54, 1.807) is 18.2 Å². The molecule has 0 radical (unpaired) electrons. The largest absolute Gasteiger partial charge is 0.350 e. The summed E-state index contributed by atoms with van der Waals surface area (Å²) >= 11 is 4.72. The van der Waals surface area contributed by atoms with E-state index in [0.717, 1.165) is 36.8 Å². The van der Waals surface area contributed by atoms with E-state index in [4.69, 9.17) is 12.2 Å². The fourth-order valence-electron chi connectivity index (χ4n) is 5.17. The van der Waals surface area contributed by atoms with Gasteiger partial charge >= 0.3 is 0 Å². The molecule has 4 amide bonds. The summed E-state index contributed by atoms with van der Waals surface area (Å²) in [5.74, 6) is -0.982. The summed E-state index contributed by atoms with van der Waals surface area (Å²) in [6.07, 6.45) is 3.59. The summed E-state index contributed by atoms with van der Waals surface area (Å²) in [5.41, 5.74) is 2.43. The molecule has 1 saturated carbocycles. The number of nitrogens with one attached hydrogen (secondary N) is 4. The van der Waals surface area contributed by atoms with Gasteiger partial charge in [0, 0.05) is 26.2 Å². The van der Waals surface area contributed by atoms with Gasteiger partial charge in [0.05, 0.1) is 10.8 Å². The van der Waals surface area contributed by atoms with Crippen LogP contribution in [0.3, 0.4) is 0 Å². The van der Waals surface area contributed by atoms with Crippen LogP contribution in [0.15, 0.2) is 59.6 Å². The molecule has 0 saturated heterocycles. The van der Waals surface area contributed by atoms with Gasteiger partial charge in [-0.05, 0) is 85.1 Å². The van der Waals surface area contributed by atoms with Crippen LogP contribution in [0.4, 0.5) is 5.69 Å². The molecule has 1 aromatic carbocycles. The Labute approximate surface area is 254 Å². The standard InChI is InChI=1S/C31H31N7O4S/c39-28-24-2-1-3-25(37-24)29(40)33-15-20-6-10-22(11-7-20)17-35-31(42)27-13-23(36-18-43)12-26(38-27)30(41)34-16-21-8-4-19(5-9-21)14-32-28/h1-5,8-9,12-13,20,22H,6-7,10-11,14-17H2,(H,32,39)(H,33,40)(H,34,41)(H,35,42). The highest BCUT2D eigenvalue weighted by molar-refractivity contribution is 7.78. The maximum absolute atomic E-state index is 13.0. The Balaban J connectivity index is 1.35. The Morgan fingerprint density at radius 2 is 1.05 bits per heavy atom. The van der Waals surface area contributed by atoms with Crippen molar-refractivity contribution in [1.82, 2.24) is 31.2 Å². The van der Waals surface area contributed by atoms with Crippen molar-refractivity contribution in [3.8, 4) is 0 Å². The number of aliphatic imine (C=N–C) groups is 1. The van der Waals surface area contributed by atoms with Crippen molar-refractivity contribution in [2.24, 2.45) is 16.8 Å². The lowest BCUT2D eigenvalue weighted by Gasteiger charge is -2.28. The molecular weight excluding hydrogens is 566 g/mol. The van der Waals surface area contributed by atoms with Gasteiger partial charge in [-0.2, -0.15) is 4.99 Å². The summed E-state index contributed by atoms with van der Waals surface area (Å²) < 4.78 is 0. The van der Waals surface area contributed by atoms with Gasteiger partial charge in [-0.1, -0.05) is 30.3 Å². The third-order valence-corrected chi connectivity index (χ3v) is 7.75. The molecule has 6 heterocycles. The fraction of sp³-hybridized carbons (Fsp3) is 0.323. The average Bonchev–Trinajstić information content (AvgIpc) is 3.04. The molecule has 0 atom stereocenters. The van der Waals surface area contributed by atoms with Gasteiger partial charge in [0.15, 0.2) is 0 Å². The zero-order chi connectivity index (χ0) is 30.2. The predicted molar refractivity (Wildman–Crippen MR) is 162 cm³/mol. The van der Waals surface area contributed by atoms with Crippen LogP contribution in [0.25, 0.3) is 0 Å². The number of benzene rings is 1. The number of carbonyl (C=O) groups excluding carboxylic acids is 4. The van der Waals surface area contributed by atoms with Crippen LogP contribution in [-0.2, 0) is 13.1 Å². The Morgan fingerprint density at radius 1 is 0.628 bits per heavy atom. The first kappa shape index (κ1) is 29.7. The summed E-state index contributed by atoms with van der Waals surface area (Å²) in [4.78, 5) is 64.0. The van der Waals surface area contributed by atoms with Crippen LogP contribution in [0, 0.1) is 11.8 Å². The summed E-state index contributed by atoms with van der Waals surface area (Å²) in [7, 11) is 0. The topological polar surface area (TPSA) is 155 Å². The molecule has 0 unspecified atom stereocenters. The minimum atomic E-state index is -0.464. The highest BCUT2D eigenvalue weighted by Gasteiger charge is 2.23. The van der Waals surface area contributed by atoms with Gasteiger partial charge in [0.1, 0.15) is 22.8 Å². The Morgan fingerprint density at radius 3 is 1.53 bits per heavy atom. The van der Waals surface area contributed by atoms with Crippen LogP contribution in [0.5, 0.6) is 0 Å². The first-order valence-corrected chi connectivity index (χ1v) is 14.6. The van der Waals surface area contributed by atoms with Crippen LogP contribution in [0.1, 0.15) is 78.8 Å². The summed E-state index contributed by atoms with van der Waals surface area (Å²) in [5, 5.41) is 13.8. The third-order valence-electron chi connectivity index (χ3n) is 7.66. The van der Waals surface area contributed by atoms with Crippen molar-refractivity contribution in [3.05, 3.63) is 88.5 Å². The van der Waals surface area contributed by atoms with E-state index in [9.17, 15) is 19.2 Å². The second-order valence-corrected chi connectivity index (χ2v) is 10.9. The molecule has 4 aliphatic heterocycles. The number of pyridine rings is 2. The lowest BCUT2D eigenvalue weighted by molar-refractivity contribution is 0.0912. The smallest absolute Gasteiger partial charge is 0.270 e. The maximum Gasteiger partial charge on any atom is 0.270 e. The summed E-state index contributed by atoms with van der Waals surface area (Å²) in [6, 6.07) is 15.1. The lowest BCUT2D eigenvalue weighted by Crippen LogP contribution is -2.35. The molecule has 5 aliphatic rings. The molecule has 220 valence electrons. The number of rotatable bonds is 1. The zero-order valence-corrected chi connectivity index (χ0v) is 24.2. The molecular formula is C31H31N7O4S. The number of hydrogen-bond donors (Lipinski definition) is 4. The molecule has 8 rings (SSSR count). The first-order valence-electron chi connectivity index (χ1n) is 14.2. The van der Waals surface area contributed by atoms with E-state index in [1.165, 1.54) is 12.1 Å². The quantitative estimate of drug-likeness (QED) is 0.248. The van der Waals surface area contributed by atoms with Gasteiger partial charge in [-0.3, -0.25) is 19.2 Å². The Hall–Kier alpha value is -4.80. The first-order chi connectivity index (χ1) is 20.9. The van der Waals surface area contributed by atoms with Crippen LogP contribution >= 0.6 is 12.2 Å². The molecule has 4 N–H and O–H groups in total. The van der Waals surface area contributed by atoms with Crippen molar-refractivity contribution < 1.29 is 19.2 Å². The van der Waals surface area contributed by atoms with Crippen molar-refractivity contribution in [1.29, 1.82) is 0 Å². The van der Waals surface area contributed by atoms with Gasteiger partial charge < -0.3 is 21.3 Å². The molecule has 0 spiro atoms. The minimum Gasteiger partial charge on any atom is -0.350 e. The van der Waals surface area contributed by atoms with Crippen LogP contribution < -0.4 is 21.3 Å². The lowest BCUT2D eigenvalue weighted by atomic mass is 9.82. The molecule has 2 aromatic heterocycles. The Bertz CT molecular complexity index is 1580. The number of thiocarbonyl (C=S) groups is 1. The van der Waals surface area contributed by atoms with E-state index < -0.39 is 11.8 Å². The summed E-state index contributed by atoms with van der Waals surface area (Å²) in [6.45, 7) is 1.45. The number of nitrogens with zero attached hydrogens (tertiary/aromatic N) is 3. The van der Waals surface area contributed by atoms with E-state index in [-0.39, 0.29) is 53.6 Å². The highest BCUT2D eigenvalue weighted by atomic mass is 32.1.